The summed E-state index contributed by atoms with van der Waals surface area (Å²) in [5.74, 6) is -2.23. The fraction of sp³-hybridized carbons (Fsp3) is 0.355. The van der Waals surface area contributed by atoms with E-state index in [-0.39, 0.29) is 18.4 Å². The third kappa shape index (κ3) is 5.87. The molecule has 0 bridgehead atoms. The number of hydrogen-bond donors (Lipinski definition) is 3. The Morgan fingerprint density at radius 1 is 0.951 bits per heavy atom. The van der Waals surface area contributed by atoms with E-state index in [9.17, 15) is 27.2 Å². The van der Waals surface area contributed by atoms with Gasteiger partial charge in [0.05, 0.1) is 35.0 Å². The van der Waals surface area contributed by atoms with Crippen LogP contribution in [0.3, 0.4) is 0 Å². The Morgan fingerprint density at radius 2 is 1.61 bits per heavy atom. The molecule has 1 heterocycles. The molecule has 6 nitrogen and oxygen atoms in total. The Labute approximate surface area is 235 Å². The van der Waals surface area contributed by atoms with Crippen LogP contribution in [0.15, 0.2) is 66.7 Å². The molecular formula is C31H31F4N3O3. The Bertz CT molecular complexity index is 1400. The summed E-state index contributed by atoms with van der Waals surface area (Å²) in [7, 11) is 0. The molecule has 3 aromatic carbocycles. The molecule has 3 aromatic rings. The van der Waals surface area contributed by atoms with Crippen molar-refractivity contribution in [2.45, 2.75) is 50.9 Å². The zero-order chi connectivity index (χ0) is 29.2. The van der Waals surface area contributed by atoms with Crippen molar-refractivity contribution >= 4 is 28.9 Å². The lowest BCUT2D eigenvalue weighted by molar-refractivity contribution is -0.137. The van der Waals surface area contributed by atoms with Crippen molar-refractivity contribution in [3.05, 3.63) is 89.2 Å². The van der Waals surface area contributed by atoms with Crippen LogP contribution in [0.4, 0.5) is 34.6 Å². The molecule has 2 unspecified atom stereocenters. The highest BCUT2D eigenvalue weighted by atomic mass is 19.4. The lowest BCUT2D eigenvalue weighted by Gasteiger charge is -2.43. The van der Waals surface area contributed by atoms with Crippen LogP contribution in [-0.4, -0.2) is 18.5 Å². The summed E-state index contributed by atoms with van der Waals surface area (Å²) in [6.07, 6.45) is -0.183. The van der Waals surface area contributed by atoms with Gasteiger partial charge in [0, 0.05) is 5.69 Å². The lowest BCUT2D eigenvalue weighted by Crippen LogP contribution is -2.54. The minimum atomic E-state index is -4.52. The molecular weight excluding hydrogens is 538 g/mol. The van der Waals surface area contributed by atoms with Gasteiger partial charge >= 0.3 is 12.1 Å². The number of fused-ring (bicyclic) bond motifs is 1. The van der Waals surface area contributed by atoms with E-state index in [1.54, 1.807) is 37.3 Å². The molecule has 0 radical (unpaired) electrons. The number of carbonyl (C=O) groups is 2. The van der Waals surface area contributed by atoms with Crippen LogP contribution >= 0.6 is 0 Å². The van der Waals surface area contributed by atoms with Crippen molar-refractivity contribution in [3.8, 4) is 0 Å². The first kappa shape index (κ1) is 28.4. The van der Waals surface area contributed by atoms with Gasteiger partial charge in [0.15, 0.2) is 0 Å². The number of nitrogens with one attached hydrogen (secondary N) is 3. The molecule has 41 heavy (non-hydrogen) atoms. The summed E-state index contributed by atoms with van der Waals surface area (Å²) in [5.41, 5.74) is 0.0105. The highest BCUT2D eigenvalue weighted by Gasteiger charge is 2.52. The van der Waals surface area contributed by atoms with E-state index in [2.05, 4.69) is 16.0 Å². The average molecular weight is 570 g/mol. The van der Waals surface area contributed by atoms with Crippen LogP contribution in [0.2, 0.25) is 0 Å². The molecule has 1 saturated carbocycles. The number of benzene rings is 3. The van der Waals surface area contributed by atoms with Crippen LogP contribution in [0.1, 0.15) is 60.5 Å². The fourth-order valence-corrected chi connectivity index (χ4v) is 5.94. The molecule has 2 atom stereocenters. The lowest BCUT2D eigenvalue weighted by atomic mass is 9.71. The zero-order valence-corrected chi connectivity index (χ0v) is 22.5. The van der Waals surface area contributed by atoms with Gasteiger partial charge in [-0.3, -0.25) is 4.79 Å². The Morgan fingerprint density at radius 3 is 2.24 bits per heavy atom. The van der Waals surface area contributed by atoms with Gasteiger partial charge in [0.2, 0.25) is 5.91 Å². The van der Waals surface area contributed by atoms with E-state index in [4.69, 9.17) is 4.74 Å². The number of ether oxygens (including phenoxy) is 1. The Hall–Kier alpha value is -4.08. The van der Waals surface area contributed by atoms with E-state index in [0.717, 1.165) is 44.2 Å². The first-order valence-corrected chi connectivity index (χ1v) is 13.7. The summed E-state index contributed by atoms with van der Waals surface area (Å²) in [6, 6.07) is 15.2. The van der Waals surface area contributed by atoms with Crippen LogP contribution in [0.5, 0.6) is 0 Å². The standard InChI is InChI=1S/C31H31F4N3O3/c1-2-41-29(40)20-8-15-24(16-9-20)36-28(39)27(19-6-4-3-5-7-19)30(21-10-12-22(13-11-21)31(33,34)35)37-25-17-14-23(32)18-26(25)38-30/h8-19,27,37-38H,2-7H2,1H3,(H,36,39). The largest absolute Gasteiger partial charge is 0.462 e. The molecule has 0 spiro atoms. The second kappa shape index (κ2) is 11.4. The van der Waals surface area contributed by atoms with Crippen LogP contribution < -0.4 is 16.0 Å². The van der Waals surface area contributed by atoms with Crippen molar-refractivity contribution in [1.82, 2.24) is 0 Å². The summed E-state index contributed by atoms with van der Waals surface area (Å²) >= 11 is 0. The maximum absolute atomic E-state index is 14.2. The van der Waals surface area contributed by atoms with E-state index >= 15 is 0 Å². The molecule has 1 fully saturated rings. The summed E-state index contributed by atoms with van der Waals surface area (Å²) in [5, 5.41) is 9.64. The molecule has 0 saturated heterocycles. The van der Waals surface area contributed by atoms with Gasteiger partial charge in [-0.2, -0.15) is 13.2 Å². The third-order valence-electron chi connectivity index (χ3n) is 7.85. The summed E-state index contributed by atoms with van der Waals surface area (Å²) in [6.45, 7) is 1.95. The van der Waals surface area contributed by atoms with Gasteiger partial charge in [-0.15, -0.1) is 0 Å². The van der Waals surface area contributed by atoms with Gasteiger partial charge in [-0.05, 0) is 85.8 Å². The number of halogens is 4. The molecule has 1 amide bonds. The molecule has 2 aliphatic rings. The maximum Gasteiger partial charge on any atom is 0.416 e. The third-order valence-corrected chi connectivity index (χ3v) is 7.85. The molecule has 10 heteroatoms. The second-order valence-corrected chi connectivity index (χ2v) is 10.5. The summed E-state index contributed by atoms with van der Waals surface area (Å²) in [4.78, 5) is 26.3. The predicted octanol–water partition coefficient (Wildman–Crippen LogP) is 7.55. The fourth-order valence-electron chi connectivity index (χ4n) is 5.94. The highest BCUT2D eigenvalue weighted by molar-refractivity contribution is 5.96. The van der Waals surface area contributed by atoms with Gasteiger partial charge in [-0.1, -0.05) is 31.4 Å². The number of rotatable bonds is 7. The monoisotopic (exact) mass is 569 g/mol. The van der Waals surface area contributed by atoms with E-state index in [1.807, 2.05) is 0 Å². The van der Waals surface area contributed by atoms with E-state index in [1.165, 1.54) is 24.3 Å². The topological polar surface area (TPSA) is 79.5 Å². The number of alkyl halides is 3. The van der Waals surface area contributed by atoms with E-state index in [0.29, 0.717) is 28.2 Å². The number of anilines is 3. The first-order chi connectivity index (χ1) is 19.6. The van der Waals surface area contributed by atoms with Crippen molar-refractivity contribution in [3.63, 3.8) is 0 Å². The molecule has 1 aliphatic carbocycles. The number of hydrogen-bond acceptors (Lipinski definition) is 5. The van der Waals surface area contributed by atoms with Crippen molar-refractivity contribution < 1.29 is 31.9 Å². The molecule has 5 rings (SSSR count). The SMILES string of the molecule is CCOC(=O)c1ccc(NC(=O)C(C2CCCCC2)C2(c3ccc(C(F)(F)F)cc3)Nc3ccc(F)cc3N2)cc1. The minimum Gasteiger partial charge on any atom is -0.462 e. The second-order valence-electron chi connectivity index (χ2n) is 10.5. The average Bonchev–Trinajstić information content (AvgIpc) is 3.33. The number of amides is 1. The Kier molecular flexibility index (Phi) is 7.93. The van der Waals surface area contributed by atoms with Crippen molar-refractivity contribution in [1.29, 1.82) is 0 Å². The van der Waals surface area contributed by atoms with Crippen LogP contribution in [-0.2, 0) is 21.4 Å². The maximum atomic E-state index is 14.2. The quantitative estimate of drug-likeness (QED) is 0.202. The van der Waals surface area contributed by atoms with Crippen molar-refractivity contribution in [2.75, 3.05) is 22.6 Å². The first-order valence-electron chi connectivity index (χ1n) is 13.7. The van der Waals surface area contributed by atoms with Crippen LogP contribution in [0, 0.1) is 17.7 Å². The van der Waals surface area contributed by atoms with Gasteiger partial charge < -0.3 is 20.7 Å². The molecule has 0 aromatic heterocycles. The van der Waals surface area contributed by atoms with Gasteiger partial charge in [0.1, 0.15) is 11.5 Å². The Balaban J connectivity index is 1.55. The van der Waals surface area contributed by atoms with Crippen molar-refractivity contribution in [2.24, 2.45) is 11.8 Å². The normalized spacial score (nSPS) is 19.4. The zero-order valence-electron chi connectivity index (χ0n) is 22.5. The van der Waals surface area contributed by atoms with Crippen LogP contribution in [0.25, 0.3) is 0 Å². The van der Waals surface area contributed by atoms with Gasteiger partial charge in [-0.25, -0.2) is 9.18 Å². The molecule has 1 aliphatic heterocycles. The minimum absolute atomic E-state index is 0.121. The smallest absolute Gasteiger partial charge is 0.416 e. The number of carbonyl (C=O) groups excluding carboxylic acids is 2. The molecule has 3 N–H and O–H groups in total. The molecule has 216 valence electrons. The number of esters is 1. The highest BCUT2D eigenvalue weighted by Crippen LogP contribution is 2.49. The predicted molar refractivity (Wildman–Crippen MR) is 148 cm³/mol. The van der Waals surface area contributed by atoms with E-state index < -0.39 is 35.1 Å². The van der Waals surface area contributed by atoms with Gasteiger partial charge in [0.25, 0.3) is 0 Å². The summed E-state index contributed by atoms with van der Waals surface area (Å²) < 4.78 is 59.5.